The number of H-pyrrole nitrogens is 1. The van der Waals surface area contributed by atoms with E-state index in [0.29, 0.717) is 6.42 Å². The molecule has 88 valence electrons. The van der Waals surface area contributed by atoms with Gasteiger partial charge in [-0.3, -0.25) is 4.79 Å². The zero-order valence-electron chi connectivity index (χ0n) is 9.62. The fourth-order valence-electron chi connectivity index (χ4n) is 1.33. The molecule has 1 aromatic rings. The molecule has 1 rings (SSSR count). The fraction of sp³-hybridized carbons (Fsp3) is 0.455. The molecule has 16 heavy (non-hydrogen) atoms. The molecule has 0 aliphatic carbocycles. The molecular weight excluding hydrogens is 210 g/mol. The first kappa shape index (κ1) is 12.3. The van der Waals surface area contributed by atoms with E-state index in [1.165, 1.54) is 7.11 Å². The van der Waals surface area contributed by atoms with Crippen molar-refractivity contribution in [1.29, 1.82) is 0 Å². The first-order valence-electron chi connectivity index (χ1n) is 5.11. The third kappa shape index (κ3) is 2.42. The second-order valence-electron chi connectivity index (χ2n) is 3.14. The lowest BCUT2D eigenvalue weighted by atomic mass is 10.2. The molecule has 1 aromatic heterocycles. The molecule has 0 radical (unpaired) electrons. The van der Waals surface area contributed by atoms with Crippen molar-refractivity contribution in [2.45, 2.75) is 20.3 Å². The lowest BCUT2D eigenvalue weighted by Gasteiger charge is -2.08. The van der Waals surface area contributed by atoms with Gasteiger partial charge in [0.2, 0.25) is 0 Å². The summed E-state index contributed by atoms with van der Waals surface area (Å²) in [7, 11) is 1.41. The highest BCUT2D eigenvalue weighted by Crippen LogP contribution is 2.16. The Labute approximate surface area is 93.4 Å². The van der Waals surface area contributed by atoms with Crippen molar-refractivity contribution in [1.82, 2.24) is 4.98 Å². The van der Waals surface area contributed by atoms with Gasteiger partial charge in [0.05, 0.1) is 13.7 Å². The topological polar surface area (TPSA) is 68.4 Å². The van der Waals surface area contributed by atoms with Gasteiger partial charge in [-0.2, -0.15) is 0 Å². The van der Waals surface area contributed by atoms with Crippen LogP contribution in [0.4, 0.5) is 0 Å². The Kier molecular flexibility index (Phi) is 4.10. The van der Waals surface area contributed by atoms with Gasteiger partial charge < -0.3 is 14.5 Å². The monoisotopic (exact) mass is 225 g/mol. The van der Waals surface area contributed by atoms with Crippen LogP contribution in [-0.2, 0) is 11.2 Å². The fourth-order valence-corrected chi connectivity index (χ4v) is 1.33. The van der Waals surface area contributed by atoms with E-state index in [9.17, 15) is 9.59 Å². The van der Waals surface area contributed by atoms with E-state index in [4.69, 9.17) is 9.47 Å². The Morgan fingerprint density at radius 1 is 1.44 bits per heavy atom. The van der Waals surface area contributed by atoms with E-state index in [-0.39, 0.29) is 17.9 Å². The molecule has 0 unspecified atom stereocenters. The van der Waals surface area contributed by atoms with Crippen LogP contribution in [0.1, 0.15) is 29.9 Å². The molecule has 0 amide bonds. The van der Waals surface area contributed by atoms with Crippen LogP contribution in [0.15, 0.2) is 10.9 Å². The zero-order valence-corrected chi connectivity index (χ0v) is 9.62. The van der Waals surface area contributed by atoms with Crippen LogP contribution >= 0.6 is 0 Å². The molecule has 1 N–H and O–H groups in total. The van der Waals surface area contributed by atoms with Gasteiger partial charge in [0, 0.05) is 11.8 Å². The Morgan fingerprint density at radius 3 is 2.62 bits per heavy atom. The van der Waals surface area contributed by atoms with Gasteiger partial charge in [-0.15, -0.1) is 0 Å². The predicted octanol–water partition coefficient (Wildman–Crippen LogP) is 1.12. The summed E-state index contributed by atoms with van der Waals surface area (Å²) in [4.78, 5) is 25.8. The average molecular weight is 225 g/mol. The molecule has 0 aliphatic rings. The van der Waals surface area contributed by atoms with Crippen molar-refractivity contribution >= 4 is 5.97 Å². The van der Waals surface area contributed by atoms with Gasteiger partial charge in [0.15, 0.2) is 5.56 Å². The SMILES string of the molecule is CCOC(=O)c1c(OC)cc(CC)[nH]c1=O. The smallest absolute Gasteiger partial charge is 0.347 e. The lowest BCUT2D eigenvalue weighted by Crippen LogP contribution is -2.22. The van der Waals surface area contributed by atoms with Gasteiger partial charge in [0.1, 0.15) is 5.75 Å². The van der Waals surface area contributed by atoms with Crippen molar-refractivity contribution < 1.29 is 14.3 Å². The second-order valence-corrected chi connectivity index (χ2v) is 3.14. The standard InChI is InChI=1S/C11H15NO4/c1-4-7-6-8(15-3)9(10(13)12-7)11(14)16-5-2/h6H,4-5H2,1-3H3,(H,12,13). The molecule has 1 heterocycles. The Morgan fingerprint density at radius 2 is 2.12 bits per heavy atom. The number of aromatic nitrogens is 1. The van der Waals surface area contributed by atoms with Crippen LogP contribution in [0, 0.1) is 0 Å². The molecule has 0 spiro atoms. The number of ether oxygens (including phenoxy) is 2. The number of pyridine rings is 1. The number of methoxy groups -OCH3 is 1. The summed E-state index contributed by atoms with van der Waals surface area (Å²) in [5.74, 6) is -0.415. The summed E-state index contributed by atoms with van der Waals surface area (Å²) in [6, 6.07) is 1.63. The normalized spacial score (nSPS) is 9.94. The number of hydrogen-bond acceptors (Lipinski definition) is 4. The zero-order chi connectivity index (χ0) is 12.1. The molecular formula is C11H15NO4. The number of carbonyl (C=O) groups is 1. The van der Waals surface area contributed by atoms with Gasteiger partial charge in [0.25, 0.3) is 5.56 Å². The van der Waals surface area contributed by atoms with E-state index in [1.54, 1.807) is 13.0 Å². The highest BCUT2D eigenvalue weighted by molar-refractivity contribution is 5.92. The number of rotatable bonds is 4. The number of hydrogen-bond donors (Lipinski definition) is 1. The molecule has 5 heteroatoms. The molecule has 0 saturated carbocycles. The minimum atomic E-state index is -0.664. The van der Waals surface area contributed by atoms with Crippen LogP contribution in [0.2, 0.25) is 0 Å². The second kappa shape index (κ2) is 5.34. The molecule has 0 atom stereocenters. The number of esters is 1. The number of aryl methyl sites for hydroxylation is 1. The van der Waals surface area contributed by atoms with Gasteiger partial charge in [-0.25, -0.2) is 4.79 Å². The van der Waals surface area contributed by atoms with Crippen molar-refractivity contribution in [3.63, 3.8) is 0 Å². The predicted molar refractivity (Wildman–Crippen MR) is 58.9 cm³/mol. The summed E-state index contributed by atoms with van der Waals surface area (Å²) < 4.78 is 9.80. The van der Waals surface area contributed by atoms with Crippen LogP contribution < -0.4 is 10.3 Å². The van der Waals surface area contributed by atoms with Crippen LogP contribution in [0.3, 0.4) is 0 Å². The number of carbonyl (C=O) groups excluding carboxylic acids is 1. The minimum Gasteiger partial charge on any atom is -0.496 e. The summed E-state index contributed by atoms with van der Waals surface area (Å²) in [6.07, 6.45) is 0.661. The van der Waals surface area contributed by atoms with E-state index < -0.39 is 11.5 Å². The highest BCUT2D eigenvalue weighted by Gasteiger charge is 2.18. The van der Waals surface area contributed by atoms with Crippen LogP contribution in [-0.4, -0.2) is 24.7 Å². The maximum absolute atomic E-state index is 11.7. The van der Waals surface area contributed by atoms with Gasteiger partial charge >= 0.3 is 5.97 Å². The summed E-state index contributed by atoms with van der Waals surface area (Å²) in [6.45, 7) is 3.80. The minimum absolute atomic E-state index is 0.0819. The van der Waals surface area contributed by atoms with Crippen molar-refractivity contribution in [3.8, 4) is 5.75 Å². The number of nitrogens with one attached hydrogen (secondary N) is 1. The number of aromatic amines is 1. The molecule has 0 aliphatic heterocycles. The lowest BCUT2D eigenvalue weighted by molar-refractivity contribution is 0.0520. The van der Waals surface area contributed by atoms with Crippen molar-refractivity contribution in [3.05, 3.63) is 27.7 Å². The molecule has 0 bridgehead atoms. The van der Waals surface area contributed by atoms with Gasteiger partial charge in [-0.05, 0) is 13.3 Å². The molecule has 5 nitrogen and oxygen atoms in total. The summed E-state index contributed by atoms with van der Waals surface area (Å²) >= 11 is 0. The van der Waals surface area contributed by atoms with E-state index in [1.807, 2.05) is 6.92 Å². The van der Waals surface area contributed by atoms with Gasteiger partial charge in [-0.1, -0.05) is 6.92 Å². The van der Waals surface area contributed by atoms with Crippen LogP contribution in [0.5, 0.6) is 5.75 Å². The quantitative estimate of drug-likeness (QED) is 0.780. The third-order valence-electron chi connectivity index (χ3n) is 2.13. The Hall–Kier alpha value is -1.78. The summed E-state index contributed by atoms with van der Waals surface area (Å²) in [5, 5.41) is 0. The average Bonchev–Trinajstić information content (AvgIpc) is 2.27. The van der Waals surface area contributed by atoms with E-state index >= 15 is 0 Å². The Balaban J connectivity index is 3.27. The van der Waals surface area contributed by atoms with E-state index in [0.717, 1.165) is 5.69 Å². The molecule has 0 aromatic carbocycles. The first-order valence-corrected chi connectivity index (χ1v) is 5.11. The maximum atomic E-state index is 11.7. The first-order chi connectivity index (χ1) is 7.63. The highest BCUT2D eigenvalue weighted by atomic mass is 16.5. The Bertz CT molecular complexity index is 436. The molecule has 0 fully saturated rings. The summed E-state index contributed by atoms with van der Waals surface area (Å²) in [5.41, 5.74) is 0.158. The van der Waals surface area contributed by atoms with Crippen LogP contribution in [0.25, 0.3) is 0 Å². The maximum Gasteiger partial charge on any atom is 0.347 e. The van der Waals surface area contributed by atoms with Crippen molar-refractivity contribution in [2.75, 3.05) is 13.7 Å². The molecule has 0 saturated heterocycles. The third-order valence-corrected chi connectivity index (χ3v) is 2.13. The largest absolute Gasteiger partial charge is 0.496 e. The van der Waals surface area contributed by atoms with E-state index in [2.05, 4.69) is 4.98 Å². The van der Waals surface area contributed by atoms with Crippen molar-refractivity contribution in [2.24, 2.45) is 0 Å².